The number of nitrogens with zero attached hydrogens (tertiary/aromatic N) is 2. The van der Waals surface area contributed by atoms with Crippen molar-refractivity contribution >= 4 is 39.1 Å². The number of aryl methyl sites for hydroxylation is 1. The Morgan fingerprint density at radius 2 is 1.53 bits per heavy atom. The van der Waals surface area contributed by atoms with Crippen LogP contribution in [0, 0.1) is 6.92 Å². The van der Waals surface area contributed by atoms with Crippen molar-refractivity contribution in [1.29, 1.82) is 0 Å². The molecule has 0 aliphatic rings. The van der Waals surface area contributed by atoms with Crippen molar-refractivity contribution in [3.63, 3.8) is 0 Å². The zero-order valence-electron chi connectivity index (χ0n) is 25.5. The van der Waals surface area contributed by atoms with Crippen LogP contribution in [-0.4, -0.2) is 58.0 Å². The zero-order valence-corrected chi connectivity index (χ0v) is 27.0. The Morgan fingerprint density at radius 1 is 0.907 bits per heavy atom. The lowest BCUT2D eigenvalue weighted by Crippen LogP contribution is -2.53. The lowest BCUT2D eigenvalue weighted by Gasteiger charge is -2.34. The molecule has 3 aromatic carbocycles. The molecule has 0 bridgehead atoms. The van der Waals surface area contributed by atoms with Gasteiger partial charge in [-0.25, -0.2) is 8.42 Å². The van der Waals surface area contributed by atoms with Crippen LogP contribution in [0.3, 0.4) is 0 Å². The monoisotopic (exact) mass is 629 g/mol. The Morgan fingerprint density at radius 3 is 2.09 bits per heavy atom. The van der Waals surface area contributed by atoms with Gasteiger partial charge in [-0.3, -0.25) is 13.9 Å². The highest BCUT2D eigenvalue weighted by Crippen LogP contribution is 2.34. The number of rotatable bonds is 14. The summed E-state index contributed by atoms with van der Waals surface area (Å²) in [5.41, 5.74) is 1.83. The Balaban J connectivity index is 2.11. The summed E-state index contributed by atoms with van der Waals surface area (Å²) in [5, 5.41) is 3.50. The molecule has 43 heavy (non-hydrogen) atoms. The van der Waals surface area contributed by atoms with Crippen LogP contribution in [-0.2, 0) is 26.2 Å². The van der Waals surface area contributed by atoms with Crippen molar-refractivity contribution in [2.24, 2.45) is 0 Å². The third-order valence-corrected chi connectivity index (χ3v) is 9.24. The third-order valence-electron chi connectivity index (χ3n) is 7.20. The van der Waals surface area contributed by atoms with Gasteiger partial charge in [0, 0.05) is 23.7 Å². The van der Waals surface area contributed by atoms with Crippen LogP contribution >= 0.6 is 11.6 Å². The van der Waals surface area contributed by atoms with Gasteiger partial charge >= 0.3 is 0 Å². The molecule has 0 heterocycles. The van der Waals surface area contributed by atoms with Gasteiger partial charge in [0.05, 0.1) is 24.8 Å². The molecule has 232 valence electrons. The highest BCUT2D eigenvalue weighted by molar-refractivity contribution is 7.92. The summed E-state index contributed by atoms with van der Waals surface area (Å²) >= 11 is 6.09. The number of halogens is 1. The highest BCUT2D eigenvalue weighted by Gasteiger charge is 2.34. The zero-order chi connectivity index (χ0) is 31.7. The predicted octanol–water partition coefficient (Wildman–Crippen LogP) is 5.58. The van der Waals surface area contributed by atoms with E-state index in [9.17, 15) is 18.0 Å². The smallest absolute Gasteiger partial charge is 0.264 e. The van der Waals surface area contributed by atoms with E-state index in [0.717, 1.165) is 21.9 Å². The first-order valence-corrected chi connectivity index (χ1v) is 15.9. The van der Waals surface area contributed by atoms with E-state index in [1.807, 2.05) is 27.7 Å². The molecule has 0 aromatic heterocycles. The molecule has 2 amide bonds. The van der Waals surface area contributed by atoms with E-state index in [-0.39, 0.29) is 29.1 Å². The summed E-state index contributed by atoms with van der Waals surface area (Å²) < 4.78 is 40.0. The van der Waals surface area contributed by atoms with Crippen molar-refractivity contribution in [1.82, 2.24) is 10.2 Å². The normalized spacial score (nSPS) is 12.6. The number of carbonyl (C=O) groups is 2. The van der Waals surface area contributed by atoms with Crippen molar-refractivity contribution in [3.8, 4) is 11.5 Å². The standard InChI is InChI=1S/C32H40ClN3O6S/c1-7-23(4)34-32(38)28(8-2)35(20-24-11-13-25(33)14-12-24)31(37)21-36(26-15-18-29(41-5)30(19-26)42-6)43(39,40)27-16-9-22(3)10-17-27/h9-19,23,28H,7-8,20-21H2,1-6H3,(H,34,38)/t23-,28-/m1/s1. The van der Waals surface area contributed by atoms with Crippen LogP contribution in [0.1, 0.15) is 44.7 Å². The lowest BCUT2D eigenvalue weighted by molar-refractivity contribution is -0.140. The van der Waals surface area contributed by atoms with E-state index in [4.69, 9.17) is 21.1 Å². The van der Waals surface area contributed by atoms with Gasteiger partial charge < -0.3 is 19.7 Å². The fourth-order valence-electron chi connectivity index (χ4n) is 4.49. The first kappa shape index (κ1) is 33.7. The third kappa shape index (κ3) is 8.42. The SMILES string of the molecule is CC[C@@H](C)NC(=O)[C@@H](CC)N(Cc1ccc(Cl)cc1)C(=O)CN(c1ccc(OC)c(OC)c1)S(=O)(=O)c1ccc(C)cc1. The van der Waals surface area contributed by atoms with Crippen LogP contribution in [0.4, 0.5) is 5.69 Å². The van der Waals surface area contributed by atoms with E-state index >= 15 is 0 Å². The van der Waals surface area contributed by atoms with Crippen LogP contribution in [0.2, 0.25) is 5.02 Å². The lowest BCUT2D eigenvalue weighted by atomic mass is 10.1. The number of hydrogen-bond acceptors (Lipinski definition) is 6. The van der Waals surface area contributed by atoms with Gasteiger partial charge in [0.1, 0.15) is 12.6 Å². The summed E-state index contributed by atoms with van der Waals surface area (Å²) in [5.74, 6) is -0.152. The van der Waals surface area contributed by atoms with Gasteiger partial charge in [0.15, 0.2) is 11.5 Å². The minimum absolute atomic E-state index is 0.0199. The topological polar surface area (TPSA) is 105 Å². The second kappa shape index (κ2) is 15.1. The van der Waals surface area contributed by atoms with Crippen molar-refractivity contribution in [3.05, 3.63) is 82.9 Å². The van der Waals surface area contributed by atoms with E-state index < -0.39 is 28.5 Å². The maximum Gasteiger partial charge on any atom is 0.264 e. The maximum absolute atomic E-state index is 14.2. The molecule has 0 aliphatic heterocycles. The molecule has 0 saturated heterocycles. The average molecular weight is 630 g/mol. The second-order valence-electron chi connectivity index (χ2n) is 10.3. The largest absolute Gasteiger partial charge is 0.493 e. The Bertz CT molecular complexity index is 1500. The highest BCUT2D eigenvalue weighted by atomic mass is 35.5. The molecular formula is C32H40ClN3O6S. The molecule has 3 aromatic rings. The van der Waals surface area contributed by atoms with E-state index in [1.54, 1.807) is 48.5 Å². The van der Waals surface area contributed by atoms with E-state index in [0.29, 0.717) is 22.9 Å². The van der Waals surface area contributed by atoms with Crippen LogP contribution in [0.15, 0.2) is 71.6 Å². The number of amides is 2. The molecule has 0 fully saturated rings. The van der Waals surface area contributed by atoms with E-state index in [2.05, 4.69) is 5.32 Å². The van der Waals surface area contributed by atoms with Gasteiger partial charge in [0.25, 0.3) is 10.0 Å². The van der Waals surface area contributed by atoms with Crippen molar-refractivity contribution in [2.45, 2.75) is 64.1 Å². The predicted molar refractivity (Wildman–Crippen MR) is 169 cm³/mol. The number of nitrogens with one attached hydrogen (secondary N) is 1. The Labute approximate surface area is 259 Å². The molecule has 0 unspecified atom stereocenters. The molecule has 9 nitrogen and oxygen atoms in total. The number of hydrogen-bond donors (Lipinski definition) is 1. The van der Waals surface area contributed by atoms with Gasteiger partial charge in [-0.05, 0) is 68.7 Å². The molecule has 0 saturated carbocycles. The van der Waals surface area contributed by atoms with Crippen molar-refractivity contribution < 1.29 is 27.5 Å². The van der Waals surface area contributed by atoms with Gasteiger partial charge in [-0.15, -0.1) is 0 Å². The minimum Gasteiger partial charge on any atom is -0.493 e. The van der Waals surface area contributed by atoms with Crippen molar-refractivity contribution in [2.75, 3.05) is 25.1 Å². The molecule has 0 radical (unpaired) electrons. The van der Waals surface area contributed by atoms with Gasteiger partial charge in [0.2, 0.25) is 11.8 Å². The molecule has 11 heteroatoms. The molecule has 0 spiro atoms. The molecular weight excluding hydrogens is 590 g/mol. The quantitative estimate of drug-likeness (QED) is 0.250. The van der Waals surface area contributed by atoms with E-state index in [1.165, 1.54) is 37.3 Å². The first-order valence-electron chi connectivity index (χ1n) is 14.1. The summed E-state index contributed by atoms with van der Waals surface area (Å²) in [6.07, 6.45) is 1.04. The number of anilines is 1. The number of methoxy groups -OCH3 is 2. The molecule has 1 N–H and O–H groups in total. The summed E-state index contributed by atoms with van der Waals surface area (Å²) in [6, 6.07) is 17.1. The fraction of sp³-hybridized carbons (Fsp3) is 0.375. The second-order valence-corrected chi connectivity index (χ2v) is 12.6. The Hall–Kier alpha value is -3.76. The maximum atomic E-state index is 14.2. The van der Waals surface area contributed by atoms with Crippen LogP contribution < -0.4 is 19.1 Å². The summed E-state index contributed by atoms with van der Waals surface area (Å²) in [7, 11) is -1.30. The van der Waals surface area contributed by atoms with Crippen LogP contribution in [0.5, 0.6) is 11.5 Å². The van der Waals surface area contributed by atoms with Gasteiger partial charge in [-0.1, -0.05) is 55.3 Å². The minimum atomic E-state index is -4.23. The number of sulfonamides is 1. The summed E-state index contributed by atoms with van der Waals surface area (Å²) in [6.45, 7) is 7.04. The Kier molecular flexibility index (Phi) is 11.9. The van der Waals surface area contributed by atoms with Crippen LogP contribution in [0.25, 0.3) is 0 Å². The molecule has 0 aliphatic carbocycles. The number of benzene rings is 3. The fourth-order valence-corrected chi connectivity index (χ4v) is 6.03. The molecule has 3 rings (SSSR count). The number of ether oxygens (including phenoxy) is 2. The van der Waals surface area contributed by atoms with Gasteiger partial charge in [-0.2, -0.15) is 0 Å². The average Bonchev–Trinajstić information content (AvgIpc) is 3.00. The molecule has 2 atom stereocenters. The number of carbonyl (C=O) groups excluding carboxylic acids is 2. The summed E-state index contributed by atoms with van der Waals surface area (Å²) in [4.78, 5) is 29.1. The first-order chi connectivity index (χ1) is 20.4.